The summed E-state index contributed by atoms with van der Waals surface area (Å²) >= 11 is 5.04. The number of carbonyl (C=O) groups excluding carboxylic acids is 1. The third kappa shape index (κ3) is 3.47. The van der Waals surface area contributed by atoms with E-state index < -0.39 is 17.7 Å². The van der Waals surface area contributed by atoms with Gasteiger partial charge in [0, 0.05) is 24.6 Å². The highest BCUT2D eigenvalue weighted by molar-refractivity contribution is 7.80. The van der Waals surface area contributed by atoms with Crippen molar-refractivity contribution >= 4 is 28.9 Å². The molecule has 0 bridgehead atoms. The number of nitrogens with one attached hydrogen (secondary N) is 1. The third-order valence-corrected chi connectivity index (χ3v) is 4.41. The van der Waals surface area contributed by atoms with Crippen molar-refractivity contribution in [1.82, 2.24) is 4.90 Å². The maximum Gasteiger partial charge on any atom is 0.321 e. The first-order valence-corrected chi connectivity index (χ1v) is 7.03. The molecule has 0 saturated carbocycles. The fraction of sp³-hybridized carbons (Fsp3) is 0.429. The topological polar surface area (TPSA) is 58.4 Å². The van der Waals surface area contributed by atoms with Crippen LogP contribution in [0.15, 0.2) is 18.2 Å². The summed E-state index contributed by atoms with van der Waals surface area (Å²) in [5, 5.41) is 2.44. The van der Waals surface area contributed by atoms with E-state index in [1.807, 2.05) is 6.92 Å². The molecule has 2 rings (SSSR count). The lowest BCUT2D eigenvalue weighted by atomic mass is 9.80. The van der Waals surface area contributed by atoms with Gasteiger partial charge in [-0.2, -0.15) is 0 Å². The van der Waals surface area contributed by atoms with E-state index in [1.54, 1.807) is 4.90 Å². The highest BCUT2D eigenvalue weighted by Crippen LogP contribution is 2.31. The van der Waals surface area contributed by atoms with Gasteiger partial charge in [0.05, 0.1) is 10.7 Å². The standard InChI is InChI=1S/C14H17F2N3OS/c1-14(12(17)21)4-6-19(7-5-14)13(20)18-11-3-2-9(15)8-10(11)16/h2-3,8H,4-7H2,1H3,(H2,17,21)(H,18,20). The smallest absolute Gasteiger partial charge is 0.321 e. The summed E-state index contributed by atoms with van der Waals surface area (Å²) in [6, 6.07) is 2.62. The molecule has 0 spiro atoms. The predicted molar refractivity (Wildman–Crippen MR) is 81.1 cm³/mol. The van der Waals surface area contributed by atoms with E-state index in [-0.39, 0.29) is 11.1 Å². The SMILES string of the molecule is CC1(C(N)=S)CCN(C(=O)Nc2ccc(F)cc2F)CC1. The Kier molecular flexibility index (Phi) is 4.41. The number of piperidine rings is 1. The number of anilines is 1. The van der Waals surface area contributed by atoms with Gasteiger partial charge >= 0.3 is 6.03 Å². The molecule has 0 unspecified atom stereocenters. The molecule has 1 fully saturated rings. The van der Waals surface area contributed by atoms with Crippen LogP contribution in [-0.4, -0.2) is 29.0 Å². The van der Waals surface area contributed by atoms with Gasteiger partial charge in [0.15, 0.2) is 0 Å². The quantitative estimate of drug-likeness (QED) is 0.826. The molecule has 21 heavy (non-hydrogen) atoms. The molecule has 7 heteroatoms. The molecule has 1 aliphatic heterocycles. The van der Waals surface area contributed by atoms with Gasteiger partial charge in [-0.15, -0.1) is 0 Å². The number of amides is 2. The second kappa shape index (κ2) is 5.93. The van der Waals surface area contributed by atoms with Gasteiger partial charge in [0.25, 0.3) is 0 Å². The number of hydrogen-bond donors (Lipinski definition) is 2. The minimum Gasteiger partial charge on any atom is -0.393 e. The number of hydrogen-bond acceptors (Lipinski definition) is 2. The van der Waals surface area contributed by atoms with Crippen molar-refractivity contribution in [2.45, 2.75) is 19.8 Å². The number of likely N-dealkylation sites (tertiary alicyclic amines) is 1. The molecule has 1 saturated heterocycles. The minimum absolute atomic E-state index is 0.0379. The molecule has 1 aromatic carbocycles. The van der Waals surface area contributed by atoms with Crippen LogP contribution in [-0.2, 0) is 0 Å². The van der Waals surface area contributed by atoms with Crippen LogP contribution in [0.25, 0.3) is 0 Å². The fourth-order valence-corrected chi connectivity index (χ4v) is 2.44. The van der Waals surface area contributed by atoms with E-state index in [0.717, 1.165) is 12.1 Å². The largest absolute Gasteiger partial charge is 0.393 e. The monoisotopic (exact) mass is 313 g/mol. The van der Waals surface area contributed by atoms with E-state index in [1.165, 1.54) is 6.07 Å². The molecule has 0 atom stereocenters. The van der Waals surface area contributed by atoms with Crippen molar-refractivity contribution < 1.29 is 13.6 Å². The van der Waals surface area contributed by atoms with E-state index in [9.17, 15) is 13.6 Å². The molecule has 0 radical (unpaired) electrons. The summed E-state index contributed by atoms with van der Waals surface area (Å²) in [5.74, 6) is -1.48. The first-order chi connectivity index (χ1) is 9.82. The second-order valence-corrected chi connectivity index (χ2v) is 5.91. The number of nitrogens with two attached hydrogens (primary N) is 1. The molecular weight excluding hydrogens is 296 g/mol. The number of halogens is 2. The normalized spacial score (nSPS) is 17.4. The molecule has 1 aliphatic rings. The Morgan fingerprint density at radius 2 is 2.00 bits per heavy atom. The van der Waals surface area contributed by atoms with Crippen molar-refractivity contribution in [1.29, 1.82) is 0 Å². The summed E-state index contributed by atoms with van der Waals surface area (Å²) in [5.41, 5.74) is 5.43. The van der Waals surface area contributed by atoms with Crippen molar-refractivity contribution in [2.75, 3.05) is 18.4 Å². The molecule has 4 nitrogen and oxygen atoms in total. The molecule has 1 aromatic rings. The predicted octanol–water partition coefficient (Wildman–Crippen LogP) is 2.88. The Morgan fingerprint density at radius 1 is 1.38 bits per heavy atom. The van der Waals surface area contributed by atoms with Gasteiger partial charge in [0.2, 0.25) is 0 Å². The first kappa shape index (κ1) is 15.6. The van der Waals surface area contributed by atoms with Crippen molar-refractivity contribution in [3.63, 3.8) is 0 Å². The maximum absolute atomic E-state index is 13.5. The summed E-state index contributed by atoms with van der Waals surface area (Å²) in [4.78, 5) is 14.1. The summed E-state index contributed by atoms with van der Waals surface area (Å²) in [6.07, 6.45) is 1.34. The number of benzene rings is 1. The number of carbonyl (C=O) groups is 1. The number of urea groups is 1. The number of rotatable bonds is 2. The van der Waals surface area contributed by atoms with E-state index in [2.05, 4.69) is 5.32 Å². The van der Waals surface area contributed by atoms with E-state index in [4.69, 9.17) is 18.0 Å². The molecule has 1 heterocycles. The fourth-order valence-electron chi connectivity index (χ4n) is 2.23. The van der Waals surface area contributed by atoms with Crippen LogP contribution in [0.4, 0.5) is 19.3 Å². The highest BCUT2D eigenvalue weighted by atomic mass is 32.1. The highest BCUT2D eigenvalue weighted by Gasteiger charge is 2.34. The Balaban J connectivity index is 1.98. The van der Waals surface area contributed by atoms with Crippen molar-refractivity contribution in [3.8, 4) is 0 Å². The number of thiocarbonyl (C=S) groups is 1. The molecule has 114 valence electrons. The van der Waals surface area contributed by atoms with Crippen LogP contribution in [0.3, 0.4) is 0 Å². The molecular formula is C14H17F2N3OS. The Hall–Kier alpha value is -1.76. The zero-order valence-corrected chi connectivity index (χ0v) is 12.5. The third-order valence-electron chi connectivity index (χ3n) is 3.92. The van der Waals surface area contributed by atoms with Crippen molar-refractivity contribution in [2.24, 2.45) is 11.1 Å². The van der Waals surface area contributed by atoms with Crippen molar-refractivity contribution in [3.05, 3.63) is 29.8 Å². The summed E-state index contributed by atoms with van der Waals surface area (Å²) < 4.78 is 26.3. The molecule has 3 N–H and O–H groups in total. The molecule has 2 amide bonds. The van der Waals surface area contributed by atoms with Crippen LogP contribution < -0.4 is 11.1 Å². The average molecular weight is 313 g/mol. The average Bonchev–Trinajstić information content (AvgIpc) is 2.42. The number of nitrogens with zero attached hydrogens (tertiary/aromatic N) is 1. The van der Waals surface area contributed by atoms with Crippen LogP contribution in [0.2, 0.25) is 0 Å². The van der Waals surface area contributed by atoms with Gasteiger partial charge < -0.3 is 16.0 Å². The maximum atomic E-state index is 13.5. The molecule has 0 aliphatic carbocycles. The van der Waals surface area contributed by atoms with Gasteiger partial charge in [-0.05, 0) is 25.0 Å². The van der Waals surface area contributed by atoms with E-state index >= 15 is 0 Å². The summed E-state index contributed by atoms with van der Waals surface area (Å²) in [7, 11) is 0. The molecule has 0 aromatic heterocycles. The van der Waals surface area contributed by atoms with Crippen LogP contribution in [0.5, 0.6) is 0 Å². The second-order valence-electron chi connectivity index (χ2n) is 5.47. The summed E-state index contributed by atoms with van der Waals surface area (Å²) in [6.45, 7) is 2.95. The van der Waals surface area contributed by atoms with Gasteiger partial charge in [0.1, 0.15) is 11.6 Å². The first-order valence-electron chi connectivity index (χ1n) is 6.63. The van der Waals surface area contributed by atoms with Gasteiger partial charge in [-0.3, -0.25) is 0 Å². The lowest BCUT2D eigenvalue weighted by Crippen LogP contribution is -2.48. The Labute approximate surface area is 127 Å². The zero-order valence-electron chi connectivity index (χ0n) is 11.7. The minimum atomic E-state index is -0.798. The lowest BCUT2D eigenvalue weighted by molar-refractivity contribution is 0.171. The van der Waals surface area contributed by atoms with Crippen LogP contribution in [0.1, 0.15) is 19.8 Å². The zero-order chi connectivity index (χ0) is 15.6. The lowest BCUT2D eigenvalue weighted by Gasteiger charge is -2.38. The Bertz CT molecular complexity index is 571. The van der Waals surface area contributed by atoms with Gasteiger partial charge in [-0.25, -0.2) is 13.6 Å². The van der Waals surface area contributed by atoms with E-state index in [0.29, 0.717) is 30.9 Å². The van der Waals surface area contributed by atoms with Crippen LogP contribution in [0, 0.1) is 17.0 Å². The Morgan fingerprint density at radius 3 is 2.52 bits per heavy atom. The van der Waals surface area contributed by atoms with Crippen LogP contribution >= 0.6 is 12.2 Å². The van der Waals surface area contributed by atoms with Gasteiger partial charge in [-0.1, -0.05) is 19.1 Å².